The maximum atomic E-state index is 8.58. The second-order valence-corrected chi connectivity index (χ2v) is 5.85. The molecule has 1 saturated heterocycles. The Kier molecular flexibility index (Phi) is 1.56. The van der Waals surface area contributed by atoms with E-state index in [9.17, 15) is 0 Å². The van der Waals surface area contributed by atoms with Gasteiger partial charge in [0.25, 0.3) is 0 Å². The zero-order valence-corrected chi connectivity index (χ0v) is 12.3. The topological polar surface area (TPSA) is 30.9 Å². The molecule has 1 aromatic carbocycles. The lowest BCUT2D eigenvalue weighted by Crippen LogP contribution is -2.47. The quantitative estimate of drug-likeness (QED) is 0.867. The summed E-state index contributed by atoms with van der Waals surface area (Å²) in [5, 5.41) is 2.92. The van der Waals surface area contributed by atoms with Crippen LogP contribution < -0.4 is 15.2 Å². The molecule has 0 amide bonds. The van der Waals surface area contributed by atoms with Gasteiger partial charge in [-0.3, -0.25) is 0 Å². The molecule has 0 spiro atoms. The zero-order valence-electron chi connectivity index (χ0n) is 22.5. The summed E-state index contributed by atoms with van der Waals surface area (Å²) in [6.45, 7) is -11.6. The van der Waals surface area contributed by atoms with Gasteiger partial charge in [0.05, 0.1) is 23.4 Å². The molecule has 114 valence electrons. The second-order valence-electron chi connectivity index (χ2n) is 4.85. The number of thiophene rings is 1. The van der Waals surface area contributed by atoms with Crippen molar-refractivity contribution >= 4 is 28.5 Å². The molecule has 0 saturated carbocycles. The molecule has 5 heteroatoms. The summed E-state index contributed by atoms with van der Waals surface area (Å²) in [6.07, 6.45) is 0. The number of hydrogen-bond acceptors (Lipinski definition) is 5. The van der Waals surface area contributed by atoms with Gasteiger partial charge in [0.15, 0.2) is 0 Å². The molecular weight excluding hydrogens is 292 g/mol. The van der Waals surface area contributed by atoms with E-state index in [1.807, 2.05) is 0 Å². The van der Waals surface area contributed by atoms with Crippen LogP contribution in [0, 0.1) is 6.85 Å². The van der Waals surface area contributed by atoms with Crippen molar-refractivity contribution in [1.82, 2.24) is 9.80 Å². The van der Waals surface area contributed by atoms with Gasteiger partial charge in [-0.2, -0.15) is 0 Å². The fourth-order valence-corrected chi connectivity index (χ4v) is 3.05. The normalized spacial score (nSPS) is 31.2. The Morgan fingerprint density at radius 1 is 1.36 bits per heavy atom. The highest BCUT2D eigenvalue weighted by molar-refractivity contribution is 7.09. The number of benzene rings is 1. The van der Waals surface area contributed by atoms with Crippen LogP contribution in [0.3, 0.4) is 0 Å². The number of nitrogens with zero attached hydrogens (tertiary/aromatic N) is 3. The van der Waals surface area contributed by atoms with Crippen LogP contribution in [0.5, 0.6) is 0 Å². The summed E-state index contributed by atoms with van der Waals surface area (Å²) >= 11 is 0.769. The van der Waals surface area contributed by atoms with E-state index in [1.54, 1.807) is 24.3 Å². The van der Waals surface area contributed by atoms with Gasteiger partial charge in [-0.05, 0) is 32.0 Å². The first-order valence-corrected chi connectivity index (χ1v) is 7.48. The third-order valence-corrected chi connectivity index (χ3v) is 4.12. The molecular formula is C17H20N4S. The Bertz CT molecular complexity index is 1200. The van der Waals surface area contributed by atoms with Crippen molar-refractivity contribution in [2.45, 2.75) is 6.85 Å². The van der Waals surface area contributed by atoms with Gasteiger partial charge in [-0.15, -0.1) is 11.3 Å². The highest BCUT2D eigenvalue weighted by Crippen LogP contribution is 2.27. The summed E-state index contributed by atoms with van der Waals surface area (Å²) in [5.41, 5.74) is 0.824. The van der Waals surface area contributed by atoms with Crippen molar-refractivity contribution in [3.8, 4) is 0 Å². The number of rotatable bonds is 1. The lowest BCUT2D eigenvalue weighted by Gasteiger charge is -2.35. The van der Waals surface area contributed by atoms with Gasteiger partial charge < -0.3 is 15.1 Å². The molecule has 0 atom stereocenters. The third kappa shape index (κ3) is 2.40. The number of likely N-dealkylation sites (N-methyl/N-ethyl adjacent to an activating group) is 1. The number of hydrogen-bond donors (Lipinski definition) is 1. The monoisotopic (exact) mass is 323 g/mol. The molecule has 1 fully saturated rings. The standard InChI is InChI=1S/C17H20N4S/c1-12-11-13-16(21-9-7-20(2)8-10-21)18-14-5-3-4-6-15(14)19-17(13)22-12/h3-6,11,18H,7-10H2,1-2H3/i1D3,2D3,9D2,10D2,11D. The number of aryl methyl sites for hydroxylation is 1. The van der Waals surface area contributed by atoms with Crippen LogP contribution in [0.2, 0.25) is 0 Å². The summed E-state index contributed by atoms with van der Waals surface area (Å²) < 4.78 is 89.2. The maximum absolute atomic E-state index is 8.58. The van der Waals surface area contributed by atoms with E-state index in [4.69, 9.17) is 15.1 Å². The Morgan fingerprint density at radius 3 is 3.05 bits per heavy atom. The Labute approximate surface area is 149 Å². The SMILES string of the molecule is [2H]c1c(C([2H])([2H])[2H])sc2c1=C(N1C([2H])([2H])CN(C([2H])([2H])[2H])CC1([2H])[2H])Nc1ccccc1N=2. The average Bonchev–Trinajstić information content (AvgIpc) is 2.87. The summed E-state index contributed by atoms with van der Waals surface area (Å²) in [5.74, 6) is -0.171. The van der Waals surface area contributed by atoms with Crippen LogP contribution in [-0.2, 0) is 0 Å². The van der Waals surface area contributed by atoms with Crippen LogP contribution in [0.15, 0.2) is 35.3 Å². The first-order valence-electron chi connectivity index (χ1n) is 12.2. The van der Waals surface area contributed by atoms with Crippen LogP contribution in [-0.4, -0.2) is 42.9 Å². The predicted octanol–water partition coefficient (Wildman–Crippen LogP) is 1.75. The highest BCUT2D eigenvalue weighted by Gasteiger charge is 2.20. The molecule has 0 unspecified atom stereocenters. The molecule has 4 nitrogen and oxygen atoms in total. The van der Waals surface area contributed by atoms with Crippen molar-refractivity contribution in [1.29, 1.82) is 0 Å². The first-order chi connectivity index (χ1) is 15.0. The molecule has 3 heterocycles. The minimum Gasteiger partial charge on any atom is -0.355 e. The Morgan fingerprint density at radius 2 is 2.23 bits per heavy atom. The molecule has 2 aliphatic rings. The summed E-state index contributed by atoms with van der Waals surface area (Å²) in [6, 6.07) is 6.31. The lowest BCUT2D eigenvalue weighted by atomic mass is 10.2. The molecule has 0 radical (unpaired) electrons. The van der Waals surface area contributed by atoms with E-state index < -0.39 is 46.0 Å². The first kappa shape index (κ1) is 6.34. The molecule has 22 heavy (non-hydrogen) atoms. The Balaban J connectivity index is 2.03. The van der Waals surface area contributed by atoms with Gasteiger partial charge in [0, 0.05) is 39.2 Å². The van der Waals surface area contributed by atoms with E-state index in [2.05, 4.69) is 10.3 Å². The summed E-state index contributed by atoms with van der Waals surface area (Å²) in [7, 11) is 0. The van der Waals surface area contributed by atoms with Crippen LogP contribution in [0.4, 0.5) is 11.4 Å². The minimum atomic E-state index is -2.71. The molecule has 2 aromatic rings. The zero-order chi connectivity index (χ0) is 24.6. The van der Waals surface area contributed by atoms with E-state index in [0.717, 1.165) is 21.1 Å². The molecule has 1 aromatic heterocycles. The largest absolute Gasteiger partial charge is 0.355 e. The van der Waals surface area contributed by atoms with Crippen molar-refractivity contribution in [2.24, 2.45) is 4.99 Å². The fraction of sp³-hybridized carbons (Fsp3) is 0.353. The van der Waals surface area contributed by atoms with Gasteiger partial charge in [-0.25, -0.2) is 4.99 Å². The number of fused-ring (bicyclic) bond motifs is 2. The lowest BCUT2D eigenvalue weighted by molar-refractivity contribution is 0.206. The molecule has 1 N–H and O–H groups in total. The van der Waals surface area contributed by atoms with Crippen molar-refractivity contribution in [3.05, 3.63) is 45.1 Å². The third-order valence-electron chi connectivity index (χ3n) is 3.33. The molecule has 0 bridgehead atoms. The molecule has 2 aliphatic heterocycles. The smallest absolute Gasteiger partial charge is 0.127 e. The number of para-hydroxylation sites is 2. The molecule has 0 aliphatic carbocycles. The van der Waals surface area contributed by atoms with E-state index in [1.165, 1.54) is 0 Å². The van der Waals surface area contributed by atoms with Crippen molar-refractivity contribution < 1.29 is 15.1 Å². The van der Waals surface area contributed by atoms with E-state index >= 15 is 0 Å². The van der Waals surface area contributed by atoms with Crippen LogP contribution in [0.25, 0.3) is 5.82 Å². The van der Waals surface area contributed by atoms with Crippen molar-refractivity contribution in [3.63, 3.8) is 0 Å². The number of nitrogens with one attached hydrogen (secondary N) is 1. The van der Waals surface area contributed by atoms with Gasteiger partial charge >= 0.3 is 0 Å². The van der Waals surface area contributed by atoms with Gasteiger partial charge in [0.2, 0.25) is 0 Å². The predicted molar refractivity (Wildman–Crippen MR) is 92.0 cm³/mol. The van der Waals surface area contributed by atoms with Crippen LogP contribution in [0.1, 0.15) is 20.0 Å². The van der Waals surface area contributed by atoms with E-state index in [0.29, 0.717) is 11.4 Å². The van der Waals surface area contributed by atoms with E-state index in [-0.39, 0.29) is 20.6 Å². The number of piperazine rings is 1. The Hall–Kier alpha value is -1.85. The minimum absolute atomic E-state index is 0.0441. The molecule has 4 rings (SSSR count). The maximum Gasteiger partial charge on any atom is 0.127 e. The fourth-order valence-electron chi connectivity index (χ4n) is 2.31. The van der Waals surface area contributed by atoms with Crippen LogP contribution >= 0.6 is 11.3 Å². The average molecular weight is 324 g/mol. The number of anilines is 1. The van der Waals surface area contributed by atoms with Crippen molar-refractivity contribution in [2.75, 3.05) is 38.4 Å². The summed E-state index contributed by atoms with van der Waals surface area (Å²) in [4.78, 5) is 5.76. The highest BCUT2D eigenvalue weighted by atomic mass is 32.1. The van der Waals surface area contributed by atoms with Gasteiger partial charge in [-0.1, -0.05) is 12.1 Å². The second kappa shape index (κ2) is 5.41. The van der Waals surface area contributed by atoms with Gasteiger partial charge in [0.1, 0.15) is 10.5 Å².